The number of carbonyl (C=O) groups excluding carboxylic acids is 1. The van der Waals surface area contributed by atoms with Crippen LogP contribution in [0.5, 0.6) is 0 Å². The molecule has 0 aliphatic heterocycles. The van der Waals surface area contributed by atoms with E-state index < -0.39 is 0 Å². The molecule has 1 N–H and O–H groups in total. The van der Waals surface area contributed by atoms with Gasteiger partial charge in [-0.15, -0.1) is 34.0 Å². The summed E-state index contributed by atoms with van der Waals surface area (Å²) in [6.07, 6.45) is 0.868. The molecule has 0 aliphatic rings. The quantitative estimate of drug-likeness (QED) is 0.144. The first kappa shape index (κ1) is 49.7. The Labute approximate surface area is 466 Å². The van der Waals surface area contributed by atoms with Crippen LogP contribution in [-0.4, -0.2) is 6.29 Å². The summed E-state index contributed by atoms with van der Waals surface area (Å²) in [4.78, 5) is 16.2. The highest BCUT2D eigenvalue weighted by Crippen LogP contribution is 2.42. The van der Waals surface area contributed by atoms with Crippen LogP contribution in [0.1, 0.15) is 9.67 Å². The van der Waals surface area contributed by atoms with Crippen LogP contribution < -0.4 is 15.1 Å². The van der Waals surface area contributed by atoms with E-state index in [-0.39, 0.29) is 0 Å². The summed E-state index contributed by atoms with van der Waals surface area (Å²) in [5, 5.41) is 11.5. The monoisotopic (exact) mass is 1090 g/mol. The van der Waals surface area contributed by atoms with Gasteiger partial charge in [0, 0.05) is 90.9 Å². The second-order valence-corrected chi connectivity index (χ2v) is 21.2. The Morgan fingerprint density at radius 3 is 1.15 bits per heavy atom. The number of para-hydroxylation sites is 6. The number of anilines is 8. The third-order valence-corrected chi connectivity index (χ3v) is 15.9. The fraction of sp³-hybridized carbons (Fsp3) is 0. The minimum atomic E-state index is 0.685. The van der Waals surface area contributed by atoms with Gasteiger partial charge in [0.15, 0.2) is 6.29 Å². The lowest BCUT2D eigenvalue weighted by Crippen LogP contribution is -2.09. The number of benzene rings is 9. The molecule has 378 valence electrons. The number of aldehydes is 1. The fourth-order valence-electron chi connectivity index (χ4n) is 9.24. The summed E-state index contributed by atoms with van der Waals surface area (Å²) >= 11 is 10.7. The Morgan fingerprint density at radius 1 is 0.359 bits per heavy atom. The number of nitrogens with zero attached hydrogens (tertiary/aromatic N) is 2. The van der Waals surface area contributed by atoms with Gasteiger partial charge in [0.25, 0.3) is 0 Å². The van der Waals surface area contributed by atoms with Crippen molar-refractivity contribution in [3.8, 4) is 0 Å². The number of thiophene rings is 3. The molecule has 11 heteroatoms. The highest BCUT2D eigenvalue weighted by molar-refractivity contribution is 7.21. The Balaban J connectivity index is 0.000000110. The molecule has 0 saturated heterocycles. The Bertz CT molecular complexity index is 4290. The highest BCUT2D eigenvalue weighted by atomic mass is 35.5. The lowest BCUT2D eigenvalue weighted by molar-refractivity contribution is 0.112. The molecule has 15 rings (SSSR count). The molecule has 0 bridgehead atoms. The second kappa shape index (κ2) is 23.0. The van der Waals surface area contributed by atoms with Crippen molar-refractivity contribution in [3.63, 3.8) is 0 Å². The number of furan rings is 3. The molecule has 0 spiro atoms. The maximum Gasteiger partial charge on any atom is 0.160 e. The van der Waals surface area contributed by atoms with Crippen molar-refractivity contribution in [2.75, 3.05) is 15.1 Å². The first-order valence-electron chi connectivity index (χ1n) is 25.1. The number of nitrogens with one attached hydrogen (secondary N) is 1. The molecule has 15 aromatic rings. The number of hydrogen-bond donors (Lipinski definition) is 1. The lowest BCUT2D eigenvalue weighted by atomic mass is 10.1. The summed E-state index contributed by atoms with van der Waals surface area (Å²) in [6.45, 7) is 0. The van der Waals surface area contributed by atoms with E-state index in [1.807, 2.05) is 145 Å². The Kier molecular flexibility index (Phi) is 14.6. The third kappa shape index (κ3) is 10.8. The number of fused-ring (bicyclic) bond motifs is 9. The Morgan fingerprint density at radius 2 is 0.731 bits per heavy atom. The van der Waals surface area contributed by atoms with Gasteiger partial charge in [0.2, 0.25) is 0 Å². The zero-order valence-corrected chi connectivity index (χ0v) is 44.8. The molecule has 0 radical (unpaired) electrons. The fourth-order valence-corrected chi connectivity index (χ4v) is 12.0. The minimum absolute atomic E-state index is 0.685. The van der Waals surface area contributed by atoms with Gasteiger partial charge in [-0.1, -0.05) is 121 Å². The summed E-state index contributed by atoms with van der Waals surface area (Å²) in [5.74, 6) is 0. The summed E-state index contributed by atoms with van der Waals surface area (Å²) in [5.41, 5.74) is 14.1. The summed E-state index contributed by atoms with van der Waals surface area (Å²) in [6, 6.07) is 85.9. The standard InChI is InChI=1S/C23H15NO2S.C22H15NOS.C12H11N.C10H5ClOS/c25-15-19-14-22-23(27-19)20-12-11-18(13-21(20)26-22)24(16-7-3-1-4-8-16)17-9-5-2-6-10-17;1-3-7-16(8-4-1)23(17-9-5-2-6-10-17)18-11-12-19-21(15-18)24-20-13-14-25-22(19)20;1-3-7-11(8-4-1)13-12-9-5-2-6-10-12;11-6-1-2-7-9(5-6)12-8-3-4-13-10(7)8/h1-15H;1-15H;1-10,13H;1-5H. The van der Waals surface area contributed by atoms with Crippen LogP contribution in [-0.2, 0) is 0 Å². The zero-order valence-electron chi connectivity index (χ0n) is 41.6. The predicted molar refractivity (Wildman–Crippen MR) is 331 cm³/mol. The van der Waals surface area contributed by atoms with Gasteiger partial charge in [0.05, 0.1) is 19.0 Å². The molecule has 78 heavy (non-hydrogen) atoms. The van der Waals surface area contributed by atoms with E-state index in [4.69, 9.17) is 24.9 Å². The van der Waals surface area contributed by atoms with Crippen LogP contribution in [0, 0.1) is 0 Å². The first-order valence-corrected chi connectivity index (χ1v) is 28.0. The lowest BCUT2D eigenvalue weighted by Gasteiger charge is -2.25. The number of halogens is 1. The maximum absolute atomic E-state index is 11.0. The molecule has 0 saturated carbocycles. The van der Waals surface area contributed by atoms with Crippen molar-refractivity contribution < 1.29 is 18.0 Å². The van der Waals surface area contributed by atoms with E-state index in [1.165, 1.54) is 26.1 Å². The second-order valence-electron chi connectivity index (χ2n) is 17.9. The first-order chi connectivity index (χ1) is 38.5. The Hall–Kier alpha value is -9.16. The van der Waals surface area contributed by atoms with Crippen LogP contribution in [0.3, 0.4) is 0 Å². The number of carbonyl (C=O) groups is 1. The van der Waals surface area contributed by atoms with Crippen molar-refractivity contribution in [1.82, 2.24) is 0 Å². The summed E-state index contributed by atoms with van der Waals surface area (Å²) in [7, 11) is 0. The van der Waals surface area contributed by atoms with Crippen molar-refractivity contribution in [2.24, 2.45) is 0 Å². The number of hydrogen-bond acceptors (Lipinski definition) is 10. The average molecular weight is 1090 g/mol. The normalized spacial score (nSPS) is 10.9. The topological polar surface area (TPSA) is 75.0 Å². The van der Waals surface area contributed by atoms with Gasteiger partial charge in [-0.25, -0.2) is 0 Å². The van der Waals surface area contributed by atoms with Gasteiger partial charge in [-0.3, -0.25) is 4.79 Å². The third-order valence-electron chi connectivity index (χ3n) is 12.8. The molecule has 0 amide bonds. The molecule has 0 atom stereocenters. The smallest absolute Gasteiger partial charge is 0.160 e. The largest absolute Gasteiger partial charge is 0.455 e. The van der Waals surface area contributed by atoms with Crippen LogP contribution in [0.25, 0.3) is 63.8 Å². The molecular formula is C67H46ClN3O4S3. The number of rotatable bonds is 9. The highest BCUT2D eigenvalue weighted by Gasteiger charge is 2.18. The van der Waals surface area contributed by atoms with E-state index >= 15 is 0 Å². The maximum atomic E-state index is 11.0. The average Bonchev–Trinajstić information content (AvgIpc) is 4.45. The van der Waals surface area contributed by atoms with E-state index in [0.717, 1.165) is 101 Å². The molecule has 9 aromatic carbocycles. The van der Waals surface area contributed by atoms with Crippen LogP contribution in [0.15, 0.2) is 279 Å². The molecule has 0 aliphatic carbocycles. The van der Waals surface area contributed by atoms with Crippen LogP contribution >= 0.6 is 45.6 Å². The molecule has 6 aromatic heterocycles. The van der Waals surface area contributed by atoms with Gasteiger partial charge in [0.1, 0.15) is 33.5 Å². The SMILES string of the molecule is Clc1ccc2c(c1)oc1ccsc12.O=Cc1cc2oc3cc(N(c4ccccc4)c4ccccc4)ccc3c2s1.c1ccc(N(c2ccccc2)c2ccc3c(c2)oc2ccsc23)cc1.c1ccc(Nc2ccccc2)cc1. The molecule has 0 fully saturated rings. The van der Waals surface area contributed by atoms with Gasteiger partial charge < -0.3 is 28.4 Å². The van der Waals surface area contributed by atoms with E-state index in [9.17, 15) is 4.79 Å². The van der Waals surface area contributed by atoms with Gasteiger partial charge in [-0.05, 0) is 132 Å². The van der Waals surface area contributed by atoms with Crippen molar-refractivity contribution in [2.45, 2.75) is 0 Å². The van der Waals surface area contributed by atoms with Crippen LogP contribution in [0.2, 0.25) is 5.02 Å². The van der Waals surface area contributed by atoms with Gasteiger partial charge >= 0.3 is 0 Å². The van der Waals surface area contributed by atoms with Gasteiger partial charge in [-0.2, -0.15) is 0 Å². The summed E-state index contributed by atoms with van der Waals surface area (Å²) < 4.78 is 21.1. The van der Waals surface area contributed by atoms with E-state index in [0.29, 0.717) is 9.90 Å². The van der Waals surface area contributed by atoms with Crippen molar-refractivity contribution >= 4 is 161 Å². The molecule has 6 heterocycles. The van der Waals surface area contributed by atoms with Crippen LogP contribution in [0.4, 0.5) is 45.5 Å². The molecule has 7 nitrogen and oxygen atoms in total. The van der Waals surface area contributed by atoms with Crippen molar-refractivity contribution in [1.29, 1.82) is 0 Å². The molecule has 0 unspecified atom stereocenters. The zero-order chi connectivity index (χ0) is 52.6. The van der Waals surface area contributed by atoms with Crippen molar-refractivity contribution in [3.05, 3.63) is 275 Å². The molecular weight excluding hydrogens is 1040 g/mol. The minimum Gasteiger partial charge on any atom is -0.455 e. The van der Waals surface area contributed by atoms with E-state index in [2.05, 4.69) is 130 Å². The van der Waals surface area contributed by atoms with E-state index in [1.54, 1.807) is 28.7 Å². The predicted octanol–water partition coefficient (Wildman–Crippen LogP) is 21.8.